The molecule has 4 heterocycles. The van der Waals surface area contributed by atoms with Gasteiger partial charge in [0.25, 0.3) is 0 Å². The van der Waals surface area contributed by atoms with Crippen molar-refractivity contribution in [3.8, 4) is 11.4 Å². The van der Waals surface area contributed by atoms with E-state index in [1.165, 1.54) is 5.56 Å². The van der Waals surface area contributed by atoms with E-state index in [2.05, 4.69) is 41.2 Å². The SMILES string of the molecule is O=C(C1CC1)N1CCN(Cc2ccnc(Nc3nc4ccc(-c5ncccn5)cc4[nH]3)c2)CC1. The number of nitrogens with one attached hydrogen (secondary N) is 2. The molecular formula is C25H26N8O. The van der Waals surface area contributed by atoms with Crippen molar-refractivity contribution in [1.82, 2.24) is 34.7 Å². The van der Waals surface area contributed by atoms with Gasteiger partial charge in [0.1, 0.15) is 5.82 Å². The predicted molar refractivity (Wildman–Crippen MR) is 129 cm³/mol. The van der Waals surface area contributed by atoms with E-state index in [1.54, 1.807) is 18.5 Å². The predicted octanol–water partition coefficient (Wildman–Crippen LogP) is 3.21. The van der Waals surface area contributed by atoms with E-state index in [9.17, 15) is 4.79 Å². The number of fused-ring (bicyclic) bond motifs is 1. The molecule has 0 unspecified atom stereocenters. The molecule has 2 aliphatic rings. The molecule has 9 nitrogen and oxygen atoms in total. The van der Waals surface area contributed by atoms with E-state index in [0.29, 0.717) is 23.6 Å². The molecule has 6 rings (SSSR count). The number of carbonyl (C=O) groups is 1. The first-order valence-electron chi connectivity index (χ1n) is 11.7. The van der Waals surface area contributed by atoms with Crippen molar-refractivity contribution in [2.75, 3.05) is 31.5 Å². The molecule has 9 heteroatoms. The molecule has 0 atom stereocenters. The van der Waals surface area contributed by atoms with Gasteiger partial charge in [0.05, 0.1) is 11.0 Å². The molecule has 1 aliphatic heterocycles. The second-order valence-electron chi connectivity index (χ2n) is 8.94. The first kappa shape index (κ1) is 20.7. The van der Waals surface area contributed by atoms with E-state index in [-0.39, 0.29) is 0 Å². The maximum atomic E-state index is 12.3. The summed E-state index contributed by atoms with van der Waals surface area (Å²) in [4.78, 5) is 37.8. The van der Waals surface area contributed by atoms with Crippen LogP contribution in [0.15, 0.2) is 55.0 Å². The van der Waals surface area contributed by atoms with E-state index < -0.39 is 0 Å². The highest BCUT2D eigenvalue weighted by atomic mass is 16.2. The molecule has 4 aromatic rings. The summed E-state index contributed by atoms with van der Waals surface area (Å²) in [5.74, 6) is 2.71. The molecular weight excluding hydrogens is 428 g/mol. The maximum Gasteiger partial charge on any atom is 0.225 e. The Bertz CT molecular complexity index is 1310. The molecule has 2 N–H and O–H groups in total. The van der Waals surface area contributed by atoms with E-state index in [1.807, 2.05) is 35.4 Å². The first-order valence-corrected chi connectivity index (χ1v) is 11.7. The summed E-state index contributed by atoms with van der Waals surface area (Å²) < 4.78 is 0. The van der Waals surface area contributed by atoms with Crippen molar-refractivity contribution in [3.63, 3.8) is 0 Å². The van der Waals surface area contributed by atoms with Crippen molar-refractivity contribution in [2.24, 2.45) is 5.92 Å². The summed E-state index contributed by atoms with van der Waals surface area (Å²) in [6.45, 7) is 4.28. The third-order valence-electron chi connectivity index (χ3n) is 6.39. The van der Waals surface area contributed by atoms with Crippen LogP contribution < -0.4 is 5.32 Å². The fourth-order valence-electron chi connectivity index (χ4n) is 4.39. The number of carbonyl (C=O) groups excluding carboxylic acids is 1. The molecule has 3 aromatic heterocycles. The van der Waals surface area contributed by atoms with Crippen LogP contribution in [0.5, 0.6) is 0 Å². The van der Waals surface area contributed by atoms with Crippen molar-refractivity contribution in [1.29, 1.82) is 0 Å². The minimum atomic E-state index is 0.303. The van der Waals surface area contributed by atoms with Gasteiger partial charge in [-0.3, -0.25) is 9.69 Å². The zero-order chi connectivity index (χ0) is 22.9. The highest BCUT2D eigenvalue weighted by Gasteiger charge is 2.34. The summed E-state index contributed by atoms with van der Waals surface area (Å²) in [5.41, 5.74) is 3.88. The van der Waals surface area contributed by atoms with Crippen LogP contribution in [0.2, 0.25) is 0 Å². The minimum absolute atomic E-state index is 0.303. The summed E-state index contributed by atoms with van der Waals surface area (Å²) in [6, 6.07) is 11.8. The van der Waals surface area contributed by atoms with Crippen LogP contribution in [-0.4, -0.2) is 66.8 Å². The number of benzene rings is 1. The number of piperazine rings is 1. The molecule has 2 fully saturated rings. The summed E-state index contributed by atoms with van der Waals surface area (Å²) >= 11 is 0. The third kappa shape index (κ3) is 4.47. The average Bonchev–Trinajstić information content (AvgIpc) is 3.64. The average molecular weight is 455 g/mol. The van der Waals surface area contributed by atoms with Crippen molar-refractivity contribution < 1.29 is 4.79 Å². The molecule has 1 amide bonds. The van der Waals surface area contributed by atoms with Crippen LogP contribution >= 0.6 is 0 Å². The standard InChI is InChI=1S/C25H26N8O/c34-24(18-2-3-18)33-12-10-32(11-13-33)16-17-6-9-26-22(14-17)31-25-29-20-5-4-19(15-21(20)30-25)23-27-7-1-8-28-23/h1,4-9,14-15,18H,2-3,10-13,16H2,(H2,26,29,30,31). The molecule has 1 aromatic carbocycles. The Labute approximate surface area is 197 Å². The van der Waals surface area contributed by atoms with Gasteiger partial charge in [-0.25, -0.2) is 19.9 Å². The van der Waals surface area contributed by atoms with Gasteiger partial charge in [0.2, 0.25) is 11.9 Å². The number of aromatic amines is 1. The Morgan fingerprint density at radius 2 is 1.82 bits per heavy atom. The zero-order valence-electron chi connectivity index (χ0n) is 18.8. The normalized spacial score (nSPS) is 16.6. The van der Waals surface area contributed by atoms with Crippen molar-refractivity contribution in [3.05, 3.63) is 60.6 Å². The number of rotatable bonds is 6. The number of amides is 1. The number of hydrogen-bond acceptors (Lipinski definition) is 7. The van der Waals surface area contributed by atoms with E-state index in [4.69, 9.17) is 0 Å². The Kier molecular flexibility index (Phi) is 5.38. The minimum Gasteiger partial charge on any atom is -0.340 e. The van der Waals surface area contributed by atoms with E-state index in [0.717, 1.165) is 68.0 Å². The van der Waals surface area contributed by atoms with Crippen LogP contribution in [-0.2, 0) is 11.3 Å². The van der Waals surface area contributed by atoms with Gasteiger partial charge in [-0.15, -0.1) is 0 Å². The summed E-state index contributed by atoms with van der Waals surface area (Å²) in [5, 5.41) is 3.29. The number of anilines is 2. The molecule has 0 spiro atoms. The van der Waals surface area contributed by atoms with Crippen LogP contribution in [0.3, 0.4) is 0 Å². The number of hydrogen-bond donors (Lipinski definition) is 2. The van der Waals surface area contributed by atoms with Gasteiger partial charge in [0.15, 0.2) is 5.82 Å². The number of aromatic nitrogens is 5. The summed E-state index contributed by atoms with van der Waals surface area (Å²) in [7, 11) is 0. The monoisotopic (exact) mass is 454 g/mol. The molecule has 1 saturated heterocycles. The Morgan fingerprint density at radius 1 is 1.00 bits per heavy atom. The van der Waals surface area contributed by atoms with Gasteiger partial charge in [-0.05, 0) is 54.8 Å². The third-order valence-corrected chi connectivity index (χ3v) is 6.39. The van der Waals surface area contributed by atoms with E-state index >= 15 is 0 Å². The van der Waals surface area contributed by atoms with Crippen molar-refractivity contribution in [2.45, 2.75) is 19.4 Å². The topological polar surface area (TPSA) is 103 Å². The van der Waals surface area contributed by atoms with Gasteiger partial charge in [-0.1, -0.05) is 0 Å². The molecule has 34 heavy (non-hydrogen) atoms. The lowest BCUT2D eigenvalue weighted by Crippen LogP contribution is -2.48. The highest BCUT2D eigenvalue weighted by molar-refractivity contribution is 5.83. The van der Waals surface area contributed by atoms with Gasteiger partial charge in [0, 0.05) is 62.8 Å². The Hall–Kier alpha value is -3.85. The lowest BCUT2D eigenvalue weighted by Gasteiger charge is -2.34. The highest BCUT2D eigenvalue weighted by Crippen LogP contribution is 2.31. The smallest absolute Gasteiger partial charge is 0.225 e. The fraction of sp³-hybridized carbons (Fsp3) is 0.320. The van der Waals surface area contributed by atoms with Gasteiger partial charge < -0.3 is 15.2 Å². The maximum absolute atomic E-state index is 12.3. The molecule has 1 aliphatic carbocycles. The lowest BCUT2D eigenvalue weighted by atomic mass is 10.2. The zero-order valence-corrected chi connectivity index (χ0v) is 18.8. The number of nitrogens with zero attached hydrogens (tertiary/aromatic N) is 6. The first-order chi connectivity index (χ1) is 16.7. The van der Waals surface area contributed by atoms with Gasteiger partial charge in [-0.2, -0.15) is 0 Å². The largest absolute Gasteiger partial charge is 0.340 e. The second kappa shape index (κ2) is 8.83. The second-order valence-corrected chi connectivity index (χ2v) is 8.94. The molecule has 172 valence electrons. The number of pyridine rings is 1. The van der Waals surface area contributed by atoms with Crippen LogP contribution in [0.4, 0.5) is 11.8 Å². The summed E-state index contributed by atoms with van der Waals surface area (Å²) in [6.07, 6.45) is 7.43. The molecule has 1 saturated carbocycles. The lowest BCUT2D eigenvalue weighted by molar-refractivity contribution is -0.134. The number of imidazole rings is 1. The quantitative estimate of drug-likeness (QED) is 0.461. The number of H-pyrrole nitrogens is 1. The van der Waals surface area contributed by atoms with Crippen LogP contribution in [0.1, 0.15) is 18.4 Å². The van der Waals surface area contributed by atoms with Crippen LogP contribution in [0, 0.1) is 5.92 Å². The Balaban J connectivity index is 1.11. The fourth-order valence-corrected chi connectivity index (χ4v) is 4.39. The van der Waals surface area contributed by atoms with Crippen LogP contribution in [0.25, 0.3) is 22.4 Å². The van der Waals surface area contributed by atoms with Gasteiger partial charge >= 0.3 is 0 Å². The molecule has 0 bridgehead atoms. The van der Waals surface area contributed by atoms with Crippen molar-refractivity contribution >= 4 is 28.7 Å². The Morgan fingerprint density at radius 3 is 2.62 bits per heavy atom. The molecule has 0 radical (unpaired) electrons.